The first-order valence-electron chi connectivity index (χ1n) is 8.17. The summed E-state index contributed by atoms with van der Waals surface area (Å²) in [5.41, 5.74) is 1.62. The SMILES string of the molecule is CCCCN(CC)Cc1cc(=O)c(O)cn1Cc1cccnc1. The van der Waals surface area contributed by atoms with E-state index in [2.05, 4.69) is 23.7 Å². The summed E-state index contributed by atoms with van der Waals surface area (Å²) >= 11 is 0. The van der Waals surface area contributed by atoms with Crippen LogP contribution in [0.15, 0.2) is 41.6 Å². The summed E-state index contributed by atoms with van der Waals surface area (Å²) in [6.45, 7) is 7.53. The van der Waals surface area contributed by atoms with Gasteiger partial charge < -0.3 is 9.67 Å². The minimum atomic E-state index is -0.325. The monoisotopic (exact) mass is 315 g/mol. The highest BCUT2D eigenvalue weighted by Gasteiger charge is 2.10. The molecule has 0 aliphatic heterocycles. The molecule has 0 unspecified atom stereocenters. The first-order chi connectivity index (χ1) is 11.1. The number of aromatic hydroxyl groups is 1. The molecule has 5 nitrogen and oxygen atoms in total. The number of aromatic nitrogens is 2. The van der Waals surface area contributed by atoms with Crippen molar-refractivity contribution in [1.82, 2.24) is 14.5 Å². The Bertz CT molecular complexity index is 668. The molecule has 0 aromatic carbocycles. The minimum Gasteiger partial charge on any atom is -0.503 e. The van der Waals surface area contributed by atoms with E-state index in [1.807, 2.05) is 16.7 Å². The largest absolute Gasteiger partial charge is 0.503 e. The normalized spacial score (nSPS) is 11.1. The first kappa shape index (κ1) is 17.2. The molecule has 0 aliphatic rings. The van der Waals surface area contributed by atoms with Gasteiger partial charge in [0.05, 0.1) is 6.20 Å². The molecule has 0 aliphatic carbocycles. The molecule has 23 heavy (non-hydrogen) atoms. The molecule has 0 amide bonds. The van der Waals surface area contributed by atoms with Crippen LogP contribution in [0.25, 0.3) is 0 Å². The summed E-state index contributed by atoms with van der Waals surface area (Å²) in [5.74, 6) is -0.214. The van der Waals surface area contributed by atoms with Crippen molar-refractivity contribution in [2.24, 2.45) is 0 Å². The quantitative estimate of drug-likeness (QED) is 0.813. The van der Waals surface area contributed by atoms with Gasteiger partial charge >= 0.3 is 0 Å². The van der Waals surface area contributed by atoms with Crippen LogP contribution in [-0.2, 0) is 13.1 Å². The van der Waals surface area contributed by atoms with Gasteiger partial charge in [-0.05, 0) is 31.1 Å². The zero-order valence-electron chi connectivity index (χ0n) is 13.9. The molecule has 0 spiro atoms. The molecular weight excluding hydrogens is 290 g/mol. The summed E-state index contributed by atoms with van der Waals surface area (Å²) < 4.78 is 1.93. The first-order valence-corrected chi connectivity index (χ1v) is 8.17. The highest BCUT2D eigenvalue weighted by atomic mass is 16.3. The van der Waals surface area contributed by atoms with Crippen LogP contribution in [0.3, 0.4) is 0 Å². The number of unbranched alkanes of at least 4 members (excludes halogenated alkanes) is 1. The van der Waals surface area contributed by atoms with Crippen LogP contribution in [-0.4, -0.2) is 32.6 Å². The molecule has 0 saturated heterocycles. The Kier molecular flexibility index (Phi) is 6.35. The maximum absolute atomic E-state index is 11.8. The van der Waals surface area contributed by atoms with Crippen molar-refractivity contribution in [3.63, 3.8) is 0 Å². The lowest BCUT2D eigenvalue weighted by molar-refractivity contribution is 0.267. The Morgan fingerprint density at radius 2 is 2.17 bits per heavy atom. The molecule has 124 valence electrons. The second-order valence-corrected chi connectivity index (χ2v) is 5.73. The third-order valence-electron chi connectivity index (χ3n) is 3.93. The van der Waals surface area contributed by atoms with E-state index >= 15 is 0 Å². The lowest BCUT2D eigenvalue weighted by atomic mass is 10.2. The number of hydrogen-bond acceptors (Lipinski definition) is 4. The second kappa shape index (κ2) is 8.48. The van der Waals surface area contributed by atoms with E-state index in [0.29, 0.717) is 13.1 Å². The molecule has 2 aromatic rings. The second-order valence-electron chi connectivity index (χ2n) is 5.73. The Balaban J connectivity index is 2.26. The molecule has 0 atom stereocenters. The van der Waals surface area contributed by atoms with E-state index in [1.165, 1.54) is 6.20 Å². The molecule has 0 radical (unpaired) electrons. The van der Waals surface area contributed by atoms with Gasteiger partial charge in [0.25, 0.3) is 0 Å². The minimum absolute atomic E-state index is 0.214. The fraction of sp³-hybridized carbons (Fsp3) is 0.444. The van der Waals surface area contributed by atoms with Crippen molar-refractivity contribution in [2.45, 2.75) is 39.8 Å². The Hall–Kier alpha value is -2.14. The van der Waals surface area contributed by atoms with Crippen LogP contribution in [0.5, 0.6) is 5.75 Å². The predicted octanol–water partition coefficient (Wildman–Crippen LogP) is 2.62. The summed E-state index contributed by atoms with van der Waals surface area (Å²) in [6, 6.07) is 5.41. The Morgan fingerprint density at radius 3 is 2.83 bits per heavy atom. The van der Waals surface area contributed by atoms with Gasteiger partial charge in [-0.3, -0.25) is 14.7 Å². The molecule has 2 heterocycles. The number of rotatable bonds is 8. The van der Waals surface area contributed by atoms with Gasteiger partial charge in [-0.25, -0.2) is 0 Å². The van der Waals surface area contributed by atoms with Crippen molar-refractivity contribution in [3.05, 3.63) is 58.3 Å². The summed E-state index contributed by atoms with van der Waals surface area (Å²) in [4.78, 5) is 18.3. The lowest BCUT2D eigenvalue weighted by Crippen LogP contribution is -2.27. The van der Waals surface area contributed by atoms with Crippen LogP contribution in [0.4, 0.5) is 0 Å². The van der Waals surface area contributed by atoms with E-state index in [0.717, 1.165) is 37.2 Å². The number of hydrogen-bond donors (Lipinski definition) is 1. The third kappa shape index (κ3) is 4.93. The highest BCUT2D eigenvalue weighted by molar-refractivity contribution is 5.22. The van der Waals surface area contributed by atoms with E-state index in [-0.39, 0.29) is 11.2 Å². The van der Waals surface area contributed by atoms with Gasteiger partial charge in [-0.15, -0.1) is 0 Å². The van der Waals surface area contributed by atoms with E-state index in [1.54, 1.807) is 18.5 Å². The maximum Gasteiger partial charge on any atom is 0.223 e. The third-order valence-corrected chi connectivity index (χ3v) is 3.93. The van der Waals surface area contributed by atoms with E-state index in [9.17, 15) is 9.90 Å². The van der Waals surface area contributed by atoms with Crippen LogP contribution in [0.2, 0.25) is 0 Å². The van der Waals surface area contributed by atoms with Crippen LogP contribution in [0, 0.1) is 0 Å². The molecule has 5 heteroatoms. The van der Waals surface area contributed by atoms with E-state index in [4.69, 9.17) is 0 Å². The maximum atomic E-state index is 11.8. The van der Waals surface area contributed by atoms with Crippen LogP contribution >= 0.6 is 0 Å². The van der Waals surface area contributed by atoms with Crippen molar-refractivity contribution in [2.75, 3.05) is 13.1 Å². The average Bonchev–Trinajstić information content (AvgIpc) is 2.56. The Morgan fingerprint density at radius 1 is 1.35 bits per heavy atom. The van der Waals surface area contributed by atoms with Gasteiger partial charge in [0.2, 0.25) is 5.43 Å². The van der Waals surface area contributed by atoms with Crippen LogP contribution < -0.4 is 5.43 Å². The molecule has 1 N–H and O–H groups in total. The average molecular weight is 315 g/mol. The molecule has 2 rings (SSSR count). The van der Waals surface area contributed by atoms with Crippen LogP contribution in [0.1, 0.15) is 37.9 Å². The van der Waals surface area contributed by atoms with Crippen molar-refractivity contribution in [3.8, 4) is 5.75 Å². The van der Waals surface area contributed by atoms with Crippen molar-refractivity contribution >= 4 is 0 Å². The van der Waals surface area contributed by atoms with Gasteiger partial charge in [-0.1, -0.05) is 26.3 Å². The molecule has 0 saturated carbocycles. The standard InChI is InChI=1S/C18H25N3O2/c1-3-5-9-20(4-2)13-16-10-17(22)18(23)14-21(16)12-15-7-6-8-19-11-15/h6-8,10-11,14,23H,3-5,9,12-13H2,1-2H3. The molecule has 0 bridgehead atoms. The zero-order chi connectivity index (χ0) is 16.7. The van der Waals surface area contributed by atoms with Gasteiger partial charge in [-0.2, -0.15) is 0 Å². The molecule has 2 aromatic heterocycles. The predicted molar refractivity (Wildman–Crippen MR) is 91.6 cm³/mol. The van der Waals surface area contributed by atoms with Crippen molar-refractivity contribution in [1.29, 1.82) is 0 Å². The fourth-order valence-electron chi connectivity index (χ4n) is 2.53. The number of nitrogens with zero attached hydrogens (tertiary/aromatic N) is 3. The molecule has 0 fully saturated rings. The van der Waals surface area contributed by atoms with Gasteiger partial charge in [0, 0.05) is 37.2 Å². The van der Waals surface area contributed by atoms with E-state index < -0.39 is 0 Å². The topological polar surface area (TPSA) is 58.4 Å². The van der Waals surface area contributed by atoms with Gasteiger partial charge in [0.1, 0.15) is 0 Å². The van der Waals surface area contributed by atoms with Gasteiger partial charge in [0.15, 0.2) is 5.75 Å². The fourth-order valence-corrected chi connectivity index (χ4v) is 2.53. The number of pyridine rings is 2. The highest BCUT2D eigenvalue weighted by Crippen LogP contribution is 2.12. The summed E-state index contributed by atoms with van der Waals surface area (Å²) in [5, 5.41) is 9.77. The zero-order valence-corrected chi connectivity index (χ0v) is 13.9. The molecular formula is C18H25N3O2. The summed E-state index contributed by atoms with van der Waals surface area (Å²) in [6.07, 6.45) is 7.34. The Labute approximate surface area is 137 Å². The lowest BCUT2D eigenvalue weighted by Gasteiger charge is -2.23. The van der Waals surface area contributed by atoms with Crippen molar-refractivity contribution < 1.29 is 5.11 Å². The summed E-state index contributed by atoms with van der Waals surface area (Å²) in [7, 11) is 0. The smallest absolute Gasteiger partial charge is 0.223 e.